The minimum atomic E-state index is -3.84. The normalized spacial score (nSPS) is 11.0. The Bertz CT molecular complexity index is 962. The Morgan fingerprint density at radius 2 is 1.61 bits per heavy atom. The van der Waals surface area contributed by atoms with Crippen molar-refractivity contribution in [1.82, 2.24) is 15.6 Å². The maximum absolute atomic E-state index is 12.2. The van der Waals surface area contributed by atoms with E-state index in [1.807, 2.05) is 6.92 Å². The lowest BCUT2D eigenvalue weighted by molar-refractivity contribution is -0.129. The van der Waals surface area contributed by atoms with Gasteiger partial charge in [-0.05, 0) is 61.4 Å². The fourth-order valence-electron chi connectivity index (χ4n) is 2.02. The fourth-order valence-corrected chi connectivity index (χ4v) is 3.36. The molecule has 0 spiro atoms. The summed E-state index contributed by atoms with van der Waals surface area (Å²) in [5.74, 6) is -0.816. The average molecular weight is 470 g/mol. The molecule has 0 aliphatic rings. The maximum Gasteiger partial charge on any atom is 0.276 e. The number of sulfonamides is 1. The smallest absolute Gasteiger partial charge is 0.276 e. The van der Waals surface area contributed by atoms with Crippen LogP contribution in [0.3, 0.4) is 0 Å². The van der Waals surface area contributed by atoms with Gasteiger partial charge in [0.2, 0.25) is 10.0 Å². The number of carbonyl (C=O) groups is 2. The van der Waals surface area contributed by atoms with E-state index < -0.39 is 28.4 Å². The SMILES string of the molecule is Cc1ccc(S(=O)(=O)NCC(=O)NNC(=O)COc2ccc(Br)cc2)cc1C. The van der Waals surface area contributed by atoms with Crippen LogP contribution in [-0.2, 0) is 19.6 Å². The Morgan fingerprint density at radius 3 is 2.25 bits per heavy atom. The lowest BCUT2D eigenvalue weighted by Gasteiger charge is -2.10. The summed E-state index contributed by atoms with van der Waals surface area (Å²) in [7, 11) is -3.84. The van der Waals surface area contributed by atoms with Crippen LogP contribution in [0, 0.1) is 13.8 Å². The molecule has 8 nitrogen and oxygen atoms in total. The van der Waals surface area contributed by atoms with Gasteiger partial charge in [0.25, 0.3) is 11.8 Å². The minimum Gasteiger partial charge on any atom is -0.484 e. The molecule has 0 saturated carbocycles. The molecule has 28 heavy (non-hydrogen) atoms. The molecular formula is C18H20BrN3O5S. The predicted molar refractivity (Wildman–Crippen MR) is 107 cm³/mol. The first-order valence-corrected chi connectivity index (χ1v) is 10.5. The third kappa shape index (κ3) is 6.63. The van der Waals surface area contributed by atoms with Crippen LogP contribution in [0.15, 0.2) is 51.8 Å². The van der Waals surface area contributed by atoms with E-state index in [1.54, 1.807) is 37.3 Å². The second-order valence-electron chi connectivity index (χ2n) is 5.91. The molecule has 0 saturated heterocycles. The molecule has 0 fully saturated rings. The number of amides is 2. The van der Waals surface area contributed by atoms with E-state index in [1.165, 1.54) is 12.1 Å². The molecule has 0 aromatic heterocycles. The molecule has 3 N–H and O–H groups in total. The molecule has 150 valence electrons. The second kappa shape index (κ2) is 9.67. The summed E-state index contributed by atoms with van der Waals surface area (Å²) >= 11 is 3.29. The van der Waals surface area contributed by atoms with Crippen LogP contribution < -0.4 is 20.3 Å². The zero-order chi connectivity index (χ0) is 20.7. The summed E-state index contributed by atoms with van der Waals surface area (Å²) in [5.41, 5.74) is 6.06. The van der Waals surface area contributed by atoms with Gasteiger partial charge in [-0.25, -0.2) is 13.1 Å². The van der Waals surface area contributed by atoms with E-state index in [2.05, 4.69) is 31.5 Å². The van der Waals surface area contributed by atoms with Crippen LogP contribution in [0.5, 0.6) is 5.75 Å². The Kier molecular flexibility index (Phi) is 7.55. The summed E-state index contributed by atoms with van der Waals surface area (Å²) in [6, 6.07) is 11.6. The number of nitrogens with one attached hydrogen (secondary N) is 3. The Morgan fingerprint density at radius 1 is 0.964 bits per heavy atom. The molecule has 0 bridgehead atoms. The zero-order valence-electron chi connectivity index (χ0n) is 15.3. The molecule has 0 aliphatic carbocycles. The van der Waals surface area contributed by atoms with Crippen LogP contribution in [0.1, 0.15) is 11.1 Å². The van der Waals surface area contributed by atoms with Gasteiger partial charge in [-0.2, -0.15) is 0 Å². The van der Waals surface area contributed by atoms with E-state index in [0.717, 1.165) is 15.6 Å². The van der Waals surface area contributed by atoms with Crippen molar-refractivity contribution in [2.24, 2.45) is 0 Å². The van der Waals surface area contributed by atoms with Crippen LogP contribution in [-0.4, -0.2) is 33.4 Å². The molecule has 0 unspecified atom stereocenters. The summed E-state index contributed by atoms with van der Waals surface area (Å²) in [6.07, 6.45) is 0. The molecular weight excluding hydrogens is 450 g/mol. The van der Waals surface area contributed by atoms with Crippen LogP contribution in [0.2, 0.25) is 0 Å². The first-order valence-electron chi connectivity index (χ1n) is 8.20. The van der Waals surface area contributed by atoms with Gasteiger partial charge in [-0.3, -0.25) is 20.4 Å². The average Bonchev–Trinajstić information content (AvgIpc) is 2.66. The quantitative estimate of drug-likeness (QED) is 0.532. The van der Waals surface area contributed by atoms with E-state index in [0.29, 0.717) is 5.75 Å². The van der Waals surface area contributed by atoms with Crippen LogP contribution in [0.25, 0.3) is 0 Å². The molecule has 0 aliphatic heterocycles. The summed E-state index contributed by atoms with van der Waals surface area (Å²) in [5, 5.41) is 0. The van der Waals surface area contributed by atoms with Crippen molar-refractivity contribution in [2.75, 3.05) is 13.2 Å². The van der Waals surface area contributed by atoms with Crippen molar-refractivity contribution in [3.05, 3.63) is 58.1 Å². The molecule has 10 heteroatoms. The van der Waals surface area contributed by atoms with Gasteiger partial charge in [0, 0.05) is 4.47 Å². The Labute approximate surface area is 171 Å². The van der Waals surface area contributed by atoms with E-state index in [-0.39, 0.29) is 11.5 Å². The molecule has 0 atom stereocenters. The molecule has 2 aromatic rings. The summed E-state index contributed by atoms with van der Waals surface area (Å²) in [4.78, 5) is 23.5. The van der Waals surface area contributed by atoms with Gasteiger partial charge < -0.3 is 4.74 Å². The number of hydrazine groups is 1. The van der Waals surface area contributed by atoms with Crippen molar-refractivity contribution >= 4 is 37.8 Å². The maximum atomic E-state index is 12.2. The highest BCUT2D eigenvalue weighted by Gasteiger charge is 2.16. The first kappa shape index (κ1) is 21.9. The van der Waals surface area contributed by atoms with Crippen molar-refractivity contribution < 1.29 is 22.7 Å². The number of ether oxygens (including phenoxy) is 1. The van der Waals surface area contributed by atoms with Crippen molar-refractivity contribution in [1.29, 1.82) is 0 Å². The fraction of sp³-hybridized carbons (Fsp3) is 0.222. The van der Waals surface area contributed by atoms with Gasteiger partial charge in [-0.1, -0.05) is 22.0 Å². The molecule has 2 amide bonds. The van der Waals surface area contributed by atoms with Crippen molar-refractivity contribution in [2.45, 2.75) is 18.7 Å². The number of halogens is 1. The zero-order valence-corrected chi connectivity index (χ0v) is 17.7. The van der Waals surface area contributed by atoms with Gasteiger partial charge in [0.05, 0.1) is 11.4 Å². The lowest BCUT2D eigenvalue weighted by atomic mass is 10.1. The Hall–Kier alpha value is -2.43. The van der Waals surface area contributed by atoms with Crippen LogP contribution >= 0.6 is 15.9 Å². The van der Waals surface area contributed by atoms with E-state index in [9.17, 15) is 18.0 Å². The third-order valence-corrected chi connectivity index (χ3v) is 5.66. The third-order valence-electron chi connectivity index (χ3n) is 3.74. The first-order chi connectivity index (χ1) is 13.2. The molecule has 0 heterocycles. The predicted octanol–water partition coefficient (Wildman–Crippen LogP) is 1.57. The highest BCUT2D eigenvalue weighted by molar-refractivity contribution is 9.10. The van der Waals surface area contributed by atoms with Gasteiger partial charge in [0.15, 0.2) is 6.61 Å². The lowest BCUT2D eigenvalue weighted by Crippen LogP contribution is -2.47. The largest absolute Gasteiger partial charge is 0.484 e. The molecule has 0 radical (unpaired) electrons. The number of carbonyl (C=O) groups excluding carboxylic acids is 2. The molecule has 2 rings (SSSR count). The van der Waals surface area contributed by atoms with E-state index in [4.69, 9.17) is 4.74 Å². The highest BCUT2D eigenvalue weighted by atomic mass is 79.9. The van der Waals surface area contributed by atoms with Crippen molar-refractivity contribution in [3.8, 4) is 5.75 Å². The van der Waals surface area contributed by atoms with Crippen LogP contribution in [0.4, 0.5) is 0 Å². The number of hydrogen-bond acceptors (Lipinski definition) is 5. The number of rotatable bonds is 7. The number of hydrogen-bond donors (Lipinski definition) is 3. The van der Waals surface area contributed by atoms with Crippen molar-refractivity contribution in [3.63, 3.8) is 0 Å². The van der Waals surface area contributed by atoms with E-state index >= 15 is 0 Å². The summed E-state index contributed by atoms with van der Waals surface area (Å²) < 4.78 is 32.7. The highest BCUT2D eigenvalue weighted by Crippen LogP contribution is 2.16. The second-order valence-corrected chi connectivity index (χ2v) is 8.59. The number of aryl methyl sites for hydroxylation is 2. The van der Waals surface area contributed by atoms with Gasteiger partial charge in [-0.15, -0.1) is 0 Å². The van der Waals surface area contributed by atoms with Gasteiger partial charge >= 0.3 is 0 Å². The topological polar surface area (TPSA) is 114 Å². The Balaban J connectivity index is 1.76. The van der Waals surface area contributed by atoms with Gasteiger partial charge in [0.1, 0.15) is 5.75 Å². The minimum absolute atomic E-state index is 0.0651. The summed E-state index contributed by atoms with van der Waals surface area (Å²) in [6.45, 7) is 2.84. The monoisotopic (exact) mass is 469 g/mol. The standard InChI is InChI=1S/C18H20BrN3O5S/c1-12-3-8-16(9-13(12)2)28(25,26)20-10-17(23)21-22-18(24)11-27-15-6-4-14(19)5-7-15/h3-9,20H,10-11H2,1-2H3,(H,21,23)(H,22,24). The molecule has 2 aromatic carbocycles. The number of benzene rings is 2.